The number of esters is 2. The Bertz CT molecular complexity index is 1140. The summed E-state index contributed by atoms with van der Waals surface area (Å²) in [6.07, 6.45) is 0.727. The smallest absolute Gasteiger partial charge is 0.464 e. The minimum atomic E-state index is -0.783. The number of carbonyl (C=O) groups is 2. The summed E-state index contributed by atoms with van der Waals surface area (Å²) in [7, 11) is 3.90. The molecular weight excluding hydrogens is 510 g/mol. The van der Waals surface area contributed by atoms with E-state index in [0.717, 1.165) is 13.0 Å². The first-order chi connectivity index (χ1) is 17.5. The van der Waals surface area contributed by atoms with E-state index in [4.69, 9.17) is 18.3 Å². The number of rotatable bonds is 6. The second-order valence-electron chi connectivity index (χ2n) is 12.6. The molecule has 0 fully saturated rings. The van der Waals surface area contributed by atoms with Gasteiger partial charge in [0.1, 0.15) is 18.1 Å². The normalized spacial score (nSPS) is 11.7. The molecule has 0 unspecified atom stereocenters. The van der Waals surface area contributed by atoms with Crippen molar-refractivity contribution in [2.45, 2.75) is 89.2 Å². The van der Waals surface area contributed by atoms with Crippen LogP contribution in [0.5, 0.6) is 0 Å². The minimum absolute atomic E-state index is 0.0757. The van der Waals surface area contributed by atoms with Crippen LogP contribution in [0.4, 0.5) is 0 Å². The summed E-state index contributed by atoms with van der Waals surface area (Å²) in [5.41, 5.74) is -0.838. The third-order valence-electron chi connectivity index (χ3n) is 4.69. The number of carbonyl (C=O) groups excluding carboxylic acids is 2. The second-order valence-corrected chi connectivity index (χ2v) is 12.6. The third kappa shape index (κ3) is 15.8. The SMILES string of the molecule is CN(C)CCOC(=O)C(C)(C)C.Cc1oc(=O)oc1CC(C)(C)C.Cc1oc(=O)oc1COC(=O)C(C)(C)C. The molecule has 0 spiro atoms. The molecule has 39 heavy (non-hydrogen) atoms. The molecule has 0 aromatic carbocycles. The molecule has 0 amide bonds. The van der Waals surface area contributed by atoms with Crippen LogP contribution in [0, 0.1) is 30.1 Å². The Labute approximate surface area is 230 Å². The van der Waals surface area contributed by atoms with Gasteiger partial charge >= 0.3 is 23.6 Å². The second kappa shape index (κ2) is 14.9. The summed E-state index contributed by atoms with van der Waals surface area (Å²) >= 11 is 0. The average molecular weight is 558 g/mol. The fourth-order valence-electron chi connectivity index (χ4n) is 2.41. The minimum Gasteiger partial charge on any atom is -0.464 e. The highest BCUT2D eigenvalue weighted by Crippen LogP contribution is 2.22. The van der Waals surface area contributed by atoms with E-state index in [2.05, 4.69) is 29.6 Å². The maximum absolute atomic E-state index is 11.4. The summed E-state index contributed by atoms with van der Waals surface area (Å²) in [6.45, 7) is 21.5. The highest BCUT2D eigenvalue weighted by atomic mass is 16.6. The number of hydrogen-bond acceptors (Lipinski definition) is 11. The van der Waals surface area contributed by atoms with Crippen molar-refractivity contribution in [3.05, 3.63) is 44.3 Å². The zero-order valence-corrected chi connectivity index (χ0v) is 25.9. The average Bonchev–Trinajstić information content (AvgIpc) is 3.22. The van der Waals surface area contributed by atoms with Crippen LogP contribution in [0.15, 0.2) is 27.3 Å². The topological polar surface area (TPSA) is 143 Å². The standard InChI is InChI=1S/C10H14O5.C9H19NO2.C9H14O3/c1-6-7(15-9(12)14-6)5-13-8(11)10(2,3)4;1-9(2,3)8(11)12-7-6-10(4)5;1-6-7(5-9(2,3)4)12-8(10)11-6/h5H2,1-4H3;6-7H2,1-5H3;5H2,1-4H3. The molecule has 2 aromatic heterocycles. The summed E-state index contributed by atoms with van der Waals surface area (Å²) < 4.78 is 28.9. The lowest BCUT2D eigenvalue weighted by Gasteiger charge is -2.17. The van der Waals surface area contributed by atoms with E-state index >= 15 is 0 Å². The summed E-state index contributed by atoms with van der Waals surface area (Å²) in [4.78, 5) is 45.9. The molecule has 0 N–H and O–H groups in total. The van der Waals surface area contributed by atoms with Gasteiger partial charge in [-0.15, -0.1) is 0 Å². The van der Waals surface area contributed by atoms with Crippen molar-refractivity contribution in [2.24, 2.45) is 16.2 Å². The predicted molar refractivity (Wildman–Crippen MR) is 145 cm³/mol. The third-order valence-corrected chi connectivity index (χ3v) is 4.69. The van der Waals surface area contributed by atoms with E-state index in [1.807, 2.05) is 39.8 Å². The van der Waals surface area contributed by atoms with Crippen molar-refractivity contribution in [1.82, 2.24) is 4.90 Å². The van der Waals surface area contributed by atoms with Crippen molar-refractivity contribution in [3.63, 3.8) is 0 Å². The number of aryl methyl sites for hydroxylation is 2. The van der Waals surface area contributed by atoms with E-state index in [1.54, 1.807) is 34.6 Å². The lowest BCUT2D eigenvalue weighted by molar-refractivity contribution is -0.155. The molecule has 11 nitrogen and oxygen atoms in total. The lowest BCUT2D eigenvalue weighted by atomic mass is 9.91. The molecule has 0 aliphatic heterocycles. The van der Waals surface area contributed by atoms with E-state index in [1.165, 1.54) is 0 Å². The molecule has 224 valence electrons. The lowest BCUT2D eigenvalue weighted by Crippen LogP contribution is -2.27. The molecule has 11 heteroatoms. The van der Waals surface area contributed by atoms with Crippen LogP contribution in [0.3, 0.4) is 0 Å². The van der Waals surface area contributed by atoms with Crippen LogP contribution < -0.4 is 11.6 Å². The molecule has 2 aromatic rings. The van der Waals surface area contributed by atoms with Crippen LogP contribution >= 0.6 is 0 Å². The van der Waals surface area contributed by atoms with Crippen LogP contribution in [0.25, 0.3) is 0 Å². The molecule has 0 aliphatic carbocycles. The van der Waals surface area contributed by atoms with Crippen molar-refractivity contribution in [3.8, 4) is 0 Å². The fraction of sp³-hybridized carbons (Fsp3) is 0.714. The fourth-order valence-corrected chi connectivity index (χ4v) is 2.41. The van der Waals surface area contributed by atoms with Gasteiger partial charge in [0.05, 0.1) is 10.8 Å². The Morgan fingerprint density at radius 1 is 0.692 bits per heavy atom. The molecule has 0 saturated heterocycles. The van der Waals surface area contributed by atoms with Crippen LogP contribution in [0.1, 0.15) is 85.4 Å². The largest absolute Gasteiger partial charge is 0.519 e. The highest BCUT2D eigenvalue weighted by molar-refractivity contribution is 5.75. The monoisotopic (exact) mass is 557 g/mol. The molecule has 2 rings (SSSR count). The predicted octanol–water partition coefficient (Wildman–Crippen LogP) is 4.90. The molecular formula is C28H47NO10. The van der Waals surface area contributed by atoms with Gasteiger partial charge in [-0.1, -0.05) is 20.8 Å². The van der Waals surface area contributed by atoms with E-state index < -0.39 is 17.1 Å². The Morgan fingerprint density at radius 2 is 1.10 bits per heavy atom. The Balaban J connectivity index is 0.000000561. The van der Waals surface area contributed by atoms with E-state index in [-0.39, 0.29) is 35.1 Å². The first kappa shape index (κ1) is 35.9. The van der Waals surface area contributed by atoms with Gasteiger partial charge in [-0.2, -0.15) is 0 Å². The summed E-state index contributed by atoms with van der Waals surface area (Å²) in [5.74, 6) is -0.0436. The molecule has 0 bridgehead atoms. The Morgan fingerprint density at radius 3 is 1.44 bits per heavy atom. The van der Waals surface area contributed by atoms with Crippen molar-refractivity contribution < 1.29 is 36.7 Å². The molecule has 0 saturated carbocycles. The number of ether oxygens (including phenoxy) is 2. The molecule has 0 atom stereocenters. The van der Waals surface area contributed by atoms with E-state index in [9.17, 15) is 19.2 Å². The molecule has 0 radical (unpaired) electrons. The first-order valence-electron chi connectivity index (χ1n) is 12.7. The molecule has 0 aliphatic rings. The number of likely N-dealkylation sites (N-methyl/N-ethyl adjacent to an activating group) is 1. The number of nitrogens with zero attached hydrogens (tertiary/aromatic N) is 1. The van der Waals surface area contributed by atoms with Gasteiger partial charge in [0, 0.05) is 13.0 Å². The van der Waals surface area contributed by atoms with Gasteiger partial charge in [0.15, 0.2) is 18.1 Å². The van der Waals surface area contributed by atoms with E-state index in [0.29, 0.717) is 23.9 Å². The summed E-state index contributed by atoms with van der Waals surface area (Å²) in [6, 6.07) is 0. The van der Waals surface area contributed by atoms with Gasteiger partial charge in [0.2, 0.25) is 0 Å². The van der Waals surface area contributed by atoms with Crippen LogP contribution in [-0.4, -0.2) is 44.1 Å². The van der Waals surface area contributed by atoms with Crippen molar-refractivity contribution in [1.29, 1.82) is 0 Å². The van der Waals surface area contributed by atoms with Crippen LogP contribution in [-0.2, 0) is 32.1 Å². The Kier molecular flexibility index (Phi) is 13.7. The van der Waals surface area contributed by atoms with Crippen LogP contribution in [0.2, 0.25) is 0 Å². The first-order valence-corrected chi connectivity index (χ1v) is 12.7. The maximum atomic E-state index is 11.4. The Hall–Kier alpha value is -3.08. The zero-order chi connectivity index (χ0) is 30.8. The van der Waals surface area contributed by atoms with Gasteiger partial charge in [-0.3, -0.25) is 9.59 Å². The van der Waals surface area contributed by atoms with Gasteiger partial charge in [-0.05, 0) is 74.9 Å². The number of hydrogen-bond donors (Lipinski definition) is 0. The van der Waals surface area contributed by atoms with Gasteiger partial charge in [0.25, 0.3) is 0 Å². The summed E-state index contributed by atoms with van der Waals surface area (Å²) in [5, 5.41) is 0. The van der Waals surface area contributed by atoms with Crippen molar-refractivity contribution >= 4 is 11.9 Å². The zero-order valence-electron chi connectivity index (χ0n) is 25.9. The van der Waals surface area contributed by atoms with Gasteiger partial charge < -0.3 is 32.0 Å². The molecule has 2 heterocycles. The quantitative estimate of drug-likeness (QED) is 0.448. The highest BCUT2D eigenvalue weighted by Gasteiger charge is 2.24. The van der Waals surface area contributed by atoms with Gasteiger partial charge in [-0.25, -0.2) is 9.59 Å². The maximum Gasteiger partial charge on any atom is 0.519 e. The van der Waals surface area contributed by atoms with Crippen molar-refractivity contribution in [2.75, 3.05) is 27.2 Å².